The van der Waals surface area contributed by atoms with Crippen molar-refractivity contribution in [3.05, 3.63) is 23.5 Å². The van der Waals surface area contributed by atoms with E-state index < -0.39 is 0 Å². The summed E-state index contributed by atoms with van der Waals surface area (Å²) in [4.78, 5) is 2.58. The predicted molar refractivity (Wildman–Crippen MR) is 77.1 cm³/mol. The van der Waals surface area contributed by atoms with Crippen LogP contribution in [0.5, 0.6) is 0 Å². The van der Waals surface area contributed by atoms with Crippen molar-refractivity contribution in [3.8, 4) is 0 Å². The second kappa shape index (κ2) is 5.29. The summed E-state index contributed by atoms with van der Waals surface area (Å²) < 4.78 is 2.41. The second-order valence-electron chi connectivity index (χ2n) is 6.52. The molecule has 2 atom stereocenters. The molecule has 0 bridgehead atoms. The average Bonchev–Trinajstić information content (AvgIpc) is 2.98. The van der Waals surface area contributed by atoms with Gasteiger partial charge in [0.15, 0.2) is 0 Å². The Balaban J connectivity index is 1.68. The van der Waals surface area contributed by atoms with Crippen LogP contribution in [0.3, 0.4) is 0 Å². The number of likely N-dealkylation sites (tertiary alicyclic amines) is 1. The minimum atomic E-state index is -0.222. The highest BCUT2D eigenvalue weighted by Crippen LogP contribution is 2.31. The summed E-state index contributed by atoms with van der Waals surface area (Å²) in [5.74, 6) is 0.776. The molecule has 2 aliphatic rings. The fraction of sp³-hybridized carbons (Fsp3) is 0.750. The average molecular weight is 262 g/mol. The van der Waals surface area contributed by atoms with Gasteiger partial charge in [-0.15, -0.1) is 0 Å². The van der Waals surface area contributed by atoms with Crippen molar-refractivity contribution >= 4 is 0 Å². The van der Waals surface area contributed by atoms with Crippen molar-refractivity contribution in [2.75, 3.05) is 13.1 Å². The third-order valence-corrected chi connectivity index (χ3v) is 4.87. The first-order valence-electron chi connectivity index (χ1n) is 7.75. The molecule has 0 spiro atoms. The maximum atomic E-state index is 10.0. The van der Waals surface area contributed by atoms with Crippen LogP contribution in [0, 0.1) is 5.92 Å². The highest BCUT2D eigenvalue weighted by molar-refractivity contribution is 5.27. The molecule has 1 fully saturated rings. The van der Waals surface area contributed by atoms with E-state index >= 15 is 0 Å². The summed E-state index contributed by atoms with van der Waals surface area (Å²) in [5, 5.41) is 10.0. The van der Waals surface area contributed by atoms with Crippen LogP contribution in [0.15, 0.2) is 12.3 Å². The molecule has 106 valence electrons. The lowest BCUT2D eigenvalue weighted by Crippen LogP contribution is -2.29. The Morgan fingerprint density at radius 3 is 2.95 bits per heavy atom. The van der Waals surface area contributed by atoms with Crippen LogP contribution in [0.4, 0.5) is 0 Å². The molecule has 3 rings (SSSR count). The molecule has 1 aromatic heterocycles. The van der Waals surface area contributed by atoms with Crippen LogP contribution in [0.25, 0.3) is 0 Å². The van der Waals surface area contributed by atoms with Gasteiger partial charge in [-0.1, -0.05) is 0 Å². The van der Waals surface area contributed by atoms with Gasteiger partial charge < -0.3 is 14.6 Å². The monoisotopic (exact) mass is 262 g/mol. The van der Waals surface area contributed by atoms with E-state index in [-0.39, 0.29) is 6.10 Å². The lowest BCUT2D eigenvalue weighted by Gasteiger charge is -2.23. The molecule has 0 radical (unpaired) electrons. The van der Waals surface area contributed by atoms with E-state index in [1.807, 2.05) is 0 Å². The molecule has 1 aromatic rings. The van der Waals surface area contributed by atoms with E-state index in [1.165, 1.54) is 30.8 Å². The Bertz CT molecular complexity index is 438. The van der Waals surface area contributed by atoms with Crippen molar-refractivity contribution in [2.45, 2.75) is 58.2 Å². The Hall–Kier alpha value is -0.800. The van der Waals surface area contributed by atoms with Crippen LogP contribution in [-0.2, 0) is 13.0 Å². The standard InChI is InChI=1S/C16H26N2O/c1-12(2)17-8-6-13(10-17)11-18-9-7-14-15(18)4-3-5-16(14)19/h7,9,12-13,16,19H,3-6,8,10-11H2,1-2H3. The Morgan fingerprint density at radius 1 is 1.37 bits per heavy atom. The maximum absolute atomic E-state index is 10.0. The van der Waals surface area contributed by atoms with E-state index in [1.54, 1.807) is 0 Å². The number of rotatable bonds is 3. The van der Waals surface area contributed by atoms with Crippen molar-refractivity contribution < 1.29 is 5.11 Å². The molecular weight excluding hydrogens is 236 g/mol. The van der Waals surface area contributed by atoms with Crippen molar-refractivity contribution in [3.63, 3.8) is 0 Å². The van der Waals surface area contributed by atoms with Gasteiger partial charge in [-0.25, -0.2) is 0 Å². The first-order valence-corrected chi connectivity index (χ1v) is 7.75. The van der Waals surface area contributed by atoms with Gasteiger partial charge >= 0.3 is 0 Å². The molecule has 1 aliphatic heterocycles. The highest BCUT2D eigenvalue weighted by atomic mass is 16.3. The van der Waals surface area contributed by atoms with Gasteiger partial charge in [-0.3, -0.25) is 0 Å². The molecule has 1 aliphatic carbocycles. The van der Waals surface area contributed by atoms with E-state index in [0.29, 0.717) is 6.04 Å². The fourth-order valence-corrected chi connectivity index (χ4v) is 3.66. The zero-order valence-electron chi connectivity index (χ0n) is 12.2. The van der Waals surface area contributed by atoms with Crippen LogP contribution in [0.2, 0.25) is 0 Å². The summed E-state index contributed by atoms with van der Waals surface area (Å²) >= 11 is 0. The van der Waals surface area contributed by atoms with Crippen molar-refractivity contribution in [2.24, 2.45) is 5.92 Å². The van der Waals surface area contributed by atoms with Crippen LogP contribution < -0.4 is 0 Å². The van der Waals surface area contributed by atoms with Crippen LogP contribution in [-0.4, -0.2) is 33.7 Å². The lowest BCUT2D eigenvalue weighted by molar-refractivity contribution is 0.155. The number of hydrogen-bond acceptors (Lipinski definition) is 2. The molecular formula is C16H26N2O. The quantitative estimate of drug-likeness (QED) is 0.907. The molecule has 1 N–H and O–H groups in total. The lowest BCUT2D eigenvalue weighted by atomic mass is 9.95. The van der Waals surface area contributed by atoms with Gasteiger partial charge in [-0.05, 0) is 58.1 Å². The van der Waals surface area contributed by atoms with Gasteiger partial charge in [0.1, 0.15) is 0 Å². The van der Waals surface area contributed by atoms with Crippen LogP contribution >= 0.6 is 0 Å². The minimum Gasteiger partial charge on any atom is -0.388 e. The zero-order valence-corrected chi connectivity index (χ0v) is 12.2. The highest BCUT2D eigenvalue weighted by Gasteiger charge is 2.26. The third kappa shape index (κ3) is 2.59. The molecule has 3 nitrogen and oxygen atoms in total. The summed E-state index contributed by atoms with van der Waals surface area (Å²) in [7, 11) is 0. The van der Waals surface area contributed by atoms with Crippen molar-refractivity contribution in [1.82, 2.24) is 9.47 Å². The first-order chi connectivity index (χ1) is 9.15. The number of hydrogen-bond donors (Lipinski definition) is 1. The Labute approximate surface area is 116 Å². The van der Waals surface area contributed by atoms with Gasteiger partial charge in [0.2, 0.25) is 0 Å². The molecule has 0 aromatic carbocycles. The third-order valence-electron chi connectivity index (χ3n) is 4.87. The predicted octanol–water partition coefficient (Wildman–Crippen LogP) is 2.59. The van der Waals surface area contributed by atoms with E-state index in [2.05, 4.69) is 35.6 Å². The molecule has 0 amide bonds. The van der Waals surface area contributed by atoms with Gasteiger partial charge in [0, 0.05) is 36.6 Å². The largest absolute Gasteiger partial charge is 0.388 e. The number of fused-ring (bicyclic) bond motifs is 1. The van der Waals surface area contributed by atoms with Crippen molar-refractivity contribution in [1.29, 1.82) is 0 Å². The smallest absolute Gasteiger partial charge is 0.0807 e. The summed E-state index contributed by atoms with van der Waals surface area (Å²) in [5.41, 5.74) is 2.58. The molecule has 1 saturated heterocycles. The van der Waals surface area contributed by atoms with E-state index in [9.17, 15) is 5.11 Å². The SMILES string of the molecule is CC(C)N1CCC(Cn2ccc3c2CCCC3O)C1. The summed E-state index contributed by atoms with van der Waals surface area (Å²) in [6, 6.07) is 2.80. The van der Waals surface area contributed by atoms with Crippen LogP contribution in [0.1, 0.15) is 50.5 Å². The number of aromatic nitrogens is 1. The Kier molecular flexibility index (Phi) is 3.68. The number of nitrogens with zero attached hydrogens (tertiary/aromatic N) is 2. The second-order valence-corrected chi connectivity index (χ2v) is 6.52. The normalized spacial score (nSPS) is 28.0. The topological polar surface area (TPSA) is 28.4 Å². The number of aliphatic hydroxyl groups excluding tert-OH is 1. The van der Waals surface area contributed by atoms with E-state index in [0.717, 1.165) is 31.7 Å². The fourth-order valence-electron chi connectivity index (χ4n) is 3.66. The maximum Gasteiger partial charge on any atom is 0.0807 e. The number of aliphatic hydroxyl groups is 1. The molecule has 3 heteroatoms. The zero-order chi connectivity index (χ0) is 13.4. The molecule has 0 saturated carbocycles. The molecule has 2 unspecified atom stereocenters. The summed E-state index contributed by atoms with van der Waals surface area (Å²) in [6.45, 7) is 8.18. The Morgan fingerprint density at radius 2 is 2.21 bits per heavy atom. The van der Waals surface area contributed by atoms with Gasteiger partial charge in [0.25, 0.3) is 0 Å². The van der Waals surface area contributed by atoms with Gasteiger partial charge in [0.05, 0.1) is 6.10 Å². The van der Waals surface area contributed by atoms with Gasteiger partial charge in [-0.2, -0.15) is 0 Å². The summed E-state index contributed by atoms with van der Waals surface area (Å²) in [6.07, 6.45) is 6.48. The minimum absolute atomic E-state index is 0.222. The molecule has 2 heterocycles. The first kappa shape index (κ1) is 13.2. The molecule has 19 heavy (non-hydrogen) atoms. The van der Waals surface area contributed by atoms with E-state index in [4.69, 9.17) is 0 Å².